The Labute approximate surface area is 214 Å². The molecule has 2 amide bonds. The van der Waals surface area contributed by atoms with Gasteiger partial charge >= 0.3 is 5.24 Å². The largest absolute Gasteiger partial charge is 0.493 e. The van der Waals surface area contributed by atoms with Gasteiger partial charge < -0.3 is 14.8 Å². The Kier molecular flexibility index (Phi) is 8.22. The van der Waals surface area contributed by atoms with E-state index in [1.54, 1.807) is 43.6 Å². The highest BCUT2D eigenvalue weighted by Gasteiger charge is 2.30. The van der Waals surface area contributed by atoms with Gasteiger partial charge in [-0.3, -0.25) is 14.6 Å². The Hall–Kier alpha value is -3.85. The summed E-state index contributed by atoms with van der Waals surface area (Å²) in [7, 11) is 1.61. The number of carbonyl (C=O) groups is 2. The first kappa shape index (κ1) is 25.2. The summed E-state index contributed by atoms with van der Waals surface area (Å²) in [5, 5.41) is 8.90. The second-order valence-corrected chi connectivity index (χ2v) is 9.14. The van der Waals surface area contributed by atoms with Crippen molar-refractivity contribution in [1.29, 1.82) is 0 Å². The number of ether oxygens (including phenoxy) is 2. The third-order valence-electron chi connectivity index (χ3n) is 5.56. The van der Waals surface area contributed by atoms with Gasteiger partial charge in [-0.25, -0.2) is 5.01 Å². The Morgan fingerprint density at radius 2 is 1.89 bits per heavy atom. The zero-order valence-corrected chi connectivity index (χ0v) is 21.2. The molecular weight excluding hydrogens is 476 g/mol. The van der Waals surface area contributed by atoms with Gasteiger partial charge in [-0.1, -0.05) is 36.9 Å². The van der Waals surface area contributed by atoms with E-state index < -0.39 is 0 Å². The van der Waals surface area contributed by atoms with Crippen molar-refractivity contribution in [3.63, 3.8) is 0 Å². The highest BCUT2D eigenvalue weighted by atomic mass is 32.2. The fourth-order valence-corrected chi connectivity index (χ4v) is 4.69. The van der Waals surface area contributed by atoms with Crippen LogP contribution in [0.1, 0.15) is 41.9 Å². The minimum atomic E-state index is -0.281. The molecule has 2 heterocycles. The molecule has 0 fully saturated rings. The van der Waals surface area contributed by atoms with Crippen LogP contribution in [0.25, 0.3) is 0 Å². The number of methoxy groups -OCH3 is 1. The molecule has 2 aromatic carbocycles. The van der Waals surface area contributed by atoms with Crippen molar-refractivity contribution in [2.24, 2.45) is 5.10 Å². The number of aromatic nitrogens is 1. The summed E-state index contributed by atoms with van der Waals surface area (Å²) in [6.45, 7) is 4.82. The van der Waals surface area contributed by atoms with E-state index in [1.807, 2.05) is 44.2 Å². The lowest BCUT2D eigenvalue weighted by atomic mass is 10.0. The summed E-state index contributed by atoms with van der Waals surface area (Å²) in [4.78, 5) is 29.2. The van der Waals surface area contributed by atoms with E-state index >= 15 is 0 Å². The second-order valence-electron chi connectivity index (χ2n) is 7.99. The fourth-order valence-electron chi connectivity index (χ4n) is 3.75. The molecule has 1 unspecified atom stereocenters. The fraction of sp³-hybridized carbons (Fsp3) is 0.259. The topological polar surface area (TPSA) is 93.1 Å². The maximum atomic E-state index is 12.8. The predicted octanol–water partition coefficient (Wildman–Crippen LogP) is 5.59. The number of hydrogen-bond acceptors (Lipinski definition) is 7. The van der Waals surface area contributed by atoms with Crippen LogP contribution < -0.4 is 14.8 Å². The van der Waals surface area contributed by atoms with Crippen LogP contribution in [-0.4, -0.2) is 45.8 Å². The zero-order valence-electron chi connectivity index (χ0n) is 20.4. The van der Waals surface area contributed by atoms with E-state index in [2.05, 4.69) is 10.3 Å². The number of pyridine rings is 1. The first-order valence-corrected chi connectivity index (χ1v) is 12.6. The van der Waals surface area contributed by atoms with Gasteiger partial charge in [0.1, 0.15) is 5.69 Å². The number of nitrogens with zero attached hydrogens (tertiary/aromatic N) is 3. The molecule has 1 aromatic heterocycles. The molecule has 0 saturated heterocycles. The molecule has 1 atom stereocenters. The van der Waals surface area contributed by atoms with Gasteiger partial charge in [0.15, 0.2) is 11.5 Å². The van der Waals surface area contributed by atoms with Crippen LogP contribution in [0.5, 0.6) is 11.5 Å². The molecule has 0 aliphatic carbocycles. The van der Waals surface area contributed by atoms with Crippen LogP contribution in [-0.2, 0) is 6.54 Å². The molecule has 4 rings (SSSR count). The summed E-state index contributed by atoms with van der Waals surface area (Å²) < 4.78 is 11.1. The number of amides is 2. The Bertz CT molecular complexity index is 1250. The quantitative estimate of drug-likeness (QED) is 0.408. The van der Waals surface area contributed by atoms with E-state index in [0.717, 1.165) is 23.3 Å². The zero-order chi connectivity index (χ0) is 25.5. The Balaban J connectivity index is 1.52. The van der Waals surface area contributed by atoms with Gasteiger partial charge in [0.2, 0.25) is 0 Å². The maximum Gasteiger partial charge on any atom is 0.302 e. The molecular formula is C27H28N4O4S. The van der Waals surface area contributed by atoms with Crippen molar-refractivity contribution in [3.8, 4) is 11.5 Å². The molecule has 8 nitrogen and oxygen atoms in total. The van der Waals surface area contributed by atoms with E-state index in [1.165, 1.54) is 16.8 Å². The molecule has 0 radical (unpaired) electrons. The lowest BCUT2D eigenvalue weighted by molar-refractivity contribution is 0.102. The van der Waals surface area contributed by atoms with Crippen molar-refractivity contribution < 1.29 is 19.1 Å². The highest BCUT2D eigenvalue weighted by molar-refractivity contribution is 8.14. The average molecular weight is 505 g/mol. The summed E-state index contributed by atoms with van der Waals surface area (Å²) in [5.74, 6) is 1.02. The number of hydrazone groups is 1. The SMILES string of the molecule is CCOc1ccc(C2=NN(Cc3ccc(NC(=O)c4ccccn4)cc3)C(=O)SC2CC)cc1OC. The van der Waals surface area contributed by atoms with Gasteiger partial charge in [-0.05, 0) is 61.4 Å². The molecule has 0 saturated carbocycles. The summed E-state index contributed by atoms with van der Waals surface area (Å²) in [6.07, 6.45) is 2.34. The van der Waals surface area contributed by atoms with Crippen LogP contribution in [0, 0.1) is 0 Å². The Morgan fingerprint density at radius 1 is 1.08 bits per heavy atom. The van der Waals surface area contributed by atoms with E-state index in [-0.39, 0.29) is 16.4 Å². The van der Waals surface area contributed by atoms with Gasteiger partial charge in [-0.15, -0.1) is 0 Å². The predicted molar refractivity (Wildman–Crippen MR) is 142 cm³/mol. The van der Waals surface area contributed by atoms with Crippen molar-refractivity contribution in [2.45, 2.75) is 32.1 Å². The minimum Gasteiger partial charge on any atom is -0.493 e. The normalized spacial score (nSPS) is 15.3. The standard InChI is InChI=1S/C27H28N4O4S/c1-4-24-25(19-11-14-22(35-5-2)23(16-19)34-3)30-31(27(33)36-24)17-18-9-12-20(13-10-18)29-26(32)21-8-6-7-15-28-21/h6-16,24H,4-5,17H2,1-3H3,(H,29,32). The summed E-state index contributed by atoms with van der Waals surface area (Å²) in [6, 6.07) is 18.2. The smallest absolute Gasteiger partial charge is 0.302 e. The number of anilines is 1. The van der Waals surface area contributed by atoms with Gasteiger partial charge in [0.05, 0.1) is 31.2 Å². The van der Waals surface area contributed by atoms with E-state index in [0.29, 0.717) is 36.0 Å². The van der Waals surface area contributed by atoms with Crippen LogP contribution in [0.4, 0.5) is 10.5 Å². The third kappa shape index (κ3) is 5.85. The molecule has 36 heavy (non-hydrogen) atoms. The minimum absolute atomic E-state index is 0.0550. The number of benzene rings is 2. The van der Waals surface area contributed by atoms with Crippen LogP contribution >= 0.6 is 11.8 Å². The summed E-state index contributed by atoms with van der Waals surface area (Å²) >= 11 is 1.27. The molecule has 3 aromatic rings. The maximum absolute atomic E-state index is 12.8. The third-order valence-corrected chi connectivity index (χ3v) is 6.81. The Morgan fingerprint density at radius 3 is 2.56 bits per heavy atom. The van der Waals surface area contributed by atoms with Crippen LogP contribution in [0.2, 0.25) is 0 Å². The first-order chi connectivity index (χ1) is 17.5. The second kappa shape index (κ2) is 11.7. The van der Waals surface area contributed by atoms with Gasteiger partial charge in [0, 0.05) is 17.4 Å². The van der Waals surface area contributed by atoms with Gasteiger partial charge in [-0.2, -0.15) is 5.10 Å². The molecule has 0 bridgehead atoms. The van der Waals surface area contributed by atoms with Crippen molar-refractivity contribution >= 4 is 34.3 Å². The van der Waals surface area contributed by atoms with Crippen molar-refractivity contribution in [3.05, 3.63) is 83.7 Å². The molecule has 1 aliphatic heterocycles. The lowest BCUT2D eigenvalue weighted by Gasteiger charge is -2.28. The van der Waals surface area contributed by atoms with E-state index in [9.17, 15) is 9.59 Å². The van der Waals surface area contributed by atoms with Crippen LogP contribution in [0.3, 0.4) is 0 Å². The molecule has 1 N–H and O–H groups in total. The highest BCUT2D eigenvalue weighted by Crippen LogP contribution is 2.34. The summed E-state index contributed by atoms with van der Waals surface area (Å²) in [5.41, 5.74) is 3.59. The molecule has 1 aliphatic rings. The number of rotatable bonds is 9. The monoisotopic (exact) mass is 504 g/mol. The molecule has 0 spiro atoms. The van der Waals surface area contributed by atoms with Crippen molar-refractivity contribution in [1.82, 2.24) is 9.99 Å². The molecule has 9 heteroatoms. The van der Waals surface area contributed by atoms with Gasteiger partial charge in [0.25, 0.3) is 5.91 Å². The number of hydrogen-bond donors (Lipinski definition) is 1. The number of thioether (sulfide) groups is 1. The number of carbonyl (C=O) groups excluding carboxylic acids is 2. The average Bonchev–Trinajstić information content (AvgIpc) is 2.91. The van der Waals surface area contributed by atoms with Crippen molar-refractivity contribution in [2.75, 3.05) is 19.0 Å². The lowest BCUT2D eigenvalue weighted by Crippen LogP contribution is -2.34. The van der Waals surface area contributed by atoms with Crippen LogP contribution in [0.15, 0.2) is 72.0 Å². The van der Waals surface area contributed by atoms with E-state index in [4.69, 9.17) is 14.6 Å². The molecule has 186 valence electrons. The first-order valence-electron chi connectivity index (χ1n) is 11.7. The number of nitrogens with one attached hydrogen (secondary N) is 1.